The lowest BCUT2D eigenvalue weighted by atomic mass is 10.5. The van der Waals surface area contributed by atoms with Gasteiger partial charge in [0.2, 0.25) is 0 Å². The number of terminal acetylenes is 1. The molecule has 0 aromatic rings. The second-order valence-electron chi connectivity index (χ2n) is 2.23. The molecule has 64 valence electrons. The van der Waals surface area contributed by atoms with Crippen LogP contribution >= 0.6 is 23.4 Å². The van der Waals surface area contributed by atoms with Crippen molar-refractivity contribution in [1.82, 2.24) is 4.90 Å². The van der Waals surface area contributed by atoms with Gasteiger partial charge in [-0.1, -0.05) is 17.5 Å². The number of hydrogen-bond acceptors (Lipinski definition) is 3. The number of aliphatic imine (C=N–C) groups is 1. The average molecular weight is 201 g/mol. The van der Waals surface area contributed by atoms with Gasteiger partial charge in [0.15, 0.2) is 5.50 Å². The van der Waals surface area contributed by atoms with Gasteiger partial charge in [0, 0.05) is 12.4 Å². The van der Waals surface area contributed by atoms with Crippen molar-refractivity contribution in [1.29, 1.82) is 0 Å². The summed E-state index contributed by atoms with van der Waals surface area (Å²) >= 11 is 7.39. The van der Waals surface area contributed by atoms with Crippen molar-refractivity contribution in [3.8, 4) is 12.3 Å². The van der Waals surface area contributed by atoms with E-state index in [1.807, 2.05) is 17.4 Å². The van der Waals surface area contributed by atoms with Gasteiger partial charge in [-0.15, -0.1) is 18.2 Å². The zero-order valence-electron chi connectivity index (χ0n) is 6.70. The van der Waals surface area contributed by atoms with E-state index in [2.05, 4.69) is 10.9 Å². The van der Waals surface area contributed by atoms with E-state index in [0.717, 1.165) is 0 Å². The summed E-state index contributed by atoms with van der Waals surface area (Å²) in [4.78, 5) is 6.12. The van der Waals surface area contributed by atoms with Gasteiger partial charge in [-0.3, -0.25) is 4.99 Å². The molecule has 0 bridgehead atoms. The van der Waals surface area contributed by atoms with Crippen LogP contribution in [0.25, 0.3) is 0 Å². The summed E-state index contributed by atoms with van der Waals surface area (Å²) in [5.41, 5.74) is 0.0727. The molecule has 4 heteroatoms. The normalized spacial score (nSPS) is 21.9. The van der Waals surface area contributed by atoms with Gasteiger partial charge >= 0.3 is 0 Å². The van der Waals surface area contributed by atoms with Gasteiger partial charge in [0.05, 0.1) is 11.6 Å². The van der Waals surface area contributed by atoms with Gasteiger partial charge in [0.1, 0.15) is 0 Å². The highest BCUT2D eigenvalue weighted by Gasteiger charge is 2.14. The van der Waals surface area contributed by atoms with Crippen LogP contribution in [0.15, 0.2) is 16.2 Å². The molecule has 0 spiro atoms. The van der Waals surface area contributed by atoms with Crippen LogP contribution in [0.5, 0.6) is 0 Å². The molecule has 0 aromatic carbocycles. The van der Waals surface area contributed by atoms with Crippen LogP contribution in [0.4, 0.5) is 0 Å². The summed E-state index contributed by atoms with van der Waals surface area (Å²) in [7, 11) is 0. The standard InChI is InChI=1S/C8H9ClN2S/c1-3-4-11-6-7(9)5-10-8(11)12-2/h1,5-6,8H,4H2,2H3. The van der Waals surface area contributed by atoms with E-state index in [4.69, 9.17) is 18.0 Å². The maximum absolute atomic E-state index is 5.76. The van der Waals surface area contributed by atoms with E-state index >= 15 is 0 Å². The van der Waals surface area contributed by atoms with Gasteiger partial charge < -0.3 is 4.90 Å². The minimum Gasteiger partial charge on any atom is -0.335 e. The smallest absolute Gasteiger partial charge is 0.169 e. The SMILES string of the molecule is C#CCN1C=C(Cl)C=NC1SC. The second kappa shape index (κ2) is 4.44. The fourth-order valence-corrected chi connectivity index (χ4v) is 1.67. The first kappa shape index (κ1) is 9.50. The molecular formula is C8H9ClN2S. The first-order valence-corrected chi connectivity index (χ1v) is 5.07. The summed E-state index contributed by atoms with van der Waals surface area (Å²) in [6.07, 6.45) is 10.6. The first-order valence-electron chi connectivity index (χ1n) is 3.40. The average Bonchev–Trinajstić information content (AvgIpc) is 2.05. The number of hydrogen-bond donors (Lipinski definition) is 0. The maximum atomic E-state index is 5.76. The van der Waals surface area contributed by atoms with E-state index in [-0.39, 0.29) is 5.50 Å². The zero-order chi connectivity index (χ0) is 8.97. The van der Waals surface area contributed by atoms with Crippen molar-refractivity contribution >= 4 is 29.6 Å². The molecule has 0 radical (unpaired) electrons. The van der Waals surface area contributed by atoms with Crippen LogP contribution < -0.4 is 0 Å². The monoisotopic (exact) mass is 200 g/mol. The van der Waals surface area contributed by atoms with Crippen LogP contribution in [0, 0.1) is 12.3 Å². The van der Waals surface area contributed by atoms with Crippen molar-refractivity contribution < 1.29 is 0 Å². The minimum atomic E-state index is 0.0727. The molecule has 0 saturated carbocycles. The predicted octanol–water partition coefficient (Wildman–Crippen LogP) is 1.73. The topological polar surface area (TPSA) is 15.6 Å². The molecule has 12 heavy (non-hydrogen) atoms. The third kappa shape index (κ3) is 2.20. The summed E-state index contributed by atoms with van der Waals surface area (Å²) in [5.74, 6) is 2.56. The molecule has 0 amide bonds. The van der Waals surface area contributed by atoms with Crippen LogP contribution in [-0.2, 0) is 0 Å². The van der Waals surface area contributed by atoms with Crippen molar-refractivity contribution in [3.63, 3.8) is 0 Å². The Kier molecular flexibility index (Phi) is 3.51. The van der Waals surface area contributed by atoms with Crippen LogP contribution in [0.3, 0.4) is 0 Å². The zero-order valence-corrected chi connectivity index (χ0v) is 8.27. The summed E-state index contributed by atoms with van der Waals surface area (Å²) < 4.78 is 0. The van der Waals surface area contributed by atoms with Gasteiger partial charge in [0.25, 0.3) is 0 Å². The Labute approximate surface area is 81.7 Å². The van der Waals surface area contributed by atoms with Gasteiger partial charge in [-0.25, -0.2) is 0 Å². The molecule has 2 nitrogen and oxygen atoms in total. The number of nitrogens with zero attached hydrogens (tertiary/aromatic N) is 2. The number of thioether (sulfide) groups is 1. The number of allylic oxidation sites excluding steroid dienone is 1. The molecular weight excluding hydrogens is 192 g/mol. The first-order chi connectivity index (χ1) is 5.77. The lowest BCUT2D eigenvalue weighted by Crippen LogP contribution is -2.29. The Balaban J connectivity index is 2.69. The van der Waals surface area contributed by atoms with E-state index in [1.165, 1.54) is 0 Å². The second-order valence-corrected chi connectivity index (χ2v) is 3.56. The number of halogens is 1. The largest absolute Gasteiger partial charge is 0.335 e. The van der Waals surface area contributed by atoms with Crippen LogP contribution in [0.1, 0.15) is 0 Å². The fraction of sp³-hybridized carbons (Fsp3) is 0.375. The Bertz CT molecular complexity index is 254. The van der Waals surface area contributed by atoms with Crippen molar-refractivity contribution in [2.75, 3.05) is 12.8 Å². The molecule has 1 atom stereocenters. The Morgan fingerprint density at radius 1 is 1.92 bits per heavy atom. The molecule has 1 heterocycles. The third-order valence-corrected chi connectivity index (χ3v) is 2.39. The Morgan fingerprint density at radius 3 is 3.25 bits per heavy atom. The predicted molar refractivity (Wildman–Crippen MR) is 55.3 cm³/mol. The maximum Gasteiger partial charge on any atom is 0.169 e. The Morgan fingerprint density at radius 2 is 2.67 bits per heavy atom. The van der Waals surface area contributed by atoms with Crippen molar-refractivity contribution in [2.45, 2.75) is 5.50 Å². The quantitative estimate of drug-likeness (QED) is 0.631. The van der Waals surface area contributed by atoms with Gasteiger partial charge in [-0.05, 0) is 6.26 Å². The summed E-state index contributed by atoms with van der Waals surface area (Å²) in [5, 5.41) is 0.621. The van der Waals surface area contributed by atoms with Crippen molar-refractivity contribution in [3.05, 3.63) is 11.2 Å². The highest BCUT2D eigenvalue weighted by atomic mass is 35.5. The van der Waals surface area contributed by atoms with E-state index in [1.54, 1.807) is 18.0 Å². The van der Waals surface area contributed by atoms with E-state index in [9.17, 15) is 0 Å². The summed E-state index contributed by atoms with van der Waals surface area (Å²) in [6, 6.07) is 0. The minimum absolute atomic E-state index is 0.0727. The van der Waals surface area contributed by atoms with Crippen molar-refractivity contribution in [2.24, 2.45) is 4.99 Å². The molecule has 0 aromatic heterocycles. The molecule has 1 rings (SSSR count). The van der Waals surface area contributed by atoms with E-state index < -0.39 is 0 Å². The Hall–Kier alpha value is -0.590. The lowest BCUT2D eigenvalue weighted by Gasteiger charge is -2.26. The van der Waals surface area contributed by atoms with Crippen LogP contribution in [-0.4, -0.2) is 29.4 Å². The number of rotatable bonds is 2. The molecule has 0 fully saturated rings. The molecule has 1 aliphatic rings. The molecule has 0 aliphatic carbocycles. The van der Waals surface area contributed by atoms with Gasteiger partial charge in [-0.2, -0.15) is 0 Å². The fourth-order valence-electron chi connectivity index (χ4n) is 0.902. The van der Waals surface area contributed by atoms with Crippen LogP contribution in [0.2, 0.25) is 0 Å². The summed E-state index contributed by atoms with van der Waals surface area (Å²) in [6.45, 7) is 0.541. The highest BCUT2D eigenvalue weighted by molar-refractivity contribution is 7.99. The molecule has 1 unspecified atom stereocenters. The van der Waals surface area contributed by atoms with E-state index in [0.29, 0.717) is 11.6 Å². The highest BCUT2D eigenvalue weighted by Crippen LogP contribution is 2.19. The lowest BCUT2D eigenvalue weighted by molar-refractivity contribution is 0.401. The molecule has 1 aliphatic heterocycles. The molecule has 0 saturated heterocycles. The third-order valence-electron chi connectivity index (χ3n) is 1.38. The molecule has 0 N–H and O–H groups in total.